The van der Waals surface area contributed by atoms with Gasteiger partial charge in [0, 0.05) is 26.0 Å². The number of hydrogen-bond donors (Lipinski definition) is 2. The number of nitrogens with one attached hydrogen (secondary N) is 1. The first kappa shape index (κ1) is 11.1. The predicted octanol–water partition coefficient (Wildman–Crippen LogP) is 0.351. The molecule has 1 unspecified atom stereocenters. The van der Waals surface area contributed by atoms with Crippen molar-refractivity contribution in [3.8, 4) is 0 Å². The molecule has 0 fully saturated rings. The van der Waals surface area contributed by atoms with Crippen LogP contribution in [-0.2, 0) is 4.74 Å². The minimum absolute atomic E-state index is 0.0566. The fourth-order valence-corrected chi connectivity index (χ4v) is 1.21. The molecule has 1 aromatic rings. The second-order valence-corrected chi connectivity index (χ2v) is 2.97. The molecule has 2 N–H and O–H groups in total. The highest BCUT2D eigenvalue weighted by molar-refractivity contribution is 5.13. The average molecular weight is 196 g/mol. The van der Waals surface area contributed by atoms with Crippen molar-refractivity contribution in [3.63, 3.8) is 0 Å². The van der Waals surface area contributed by atoms with E-state index in [2.05, 4.69) is 10.3 Å². The molecule has 4 heteroatoms. The Labute approximate surface area is 83.9 Å². The van der Waals surface area contributed by atoms with Crippen LogP contribution in [0.1, 0.15) is 11.6 Å². The van der Waals surface area contributed by atoms with Crippen molar-refractivity contribution in [2.75, 3.05) is 26.9 Å². The van der Waals surface area contributed by atoms with Gasteiger partial charge < -0.3 is 15.2 Å². The van der Waals surface area contributed by atoms with Gasteiger partial charge in [0.15, 0.2) is 0 Å². The molecule has 78 valence electrons. The molecular weight excluding hydrogens is 180 g/mol. The van der Waals surface area contributed by atoms with Crippen molar-refractivity contribution in [2.45, 2.75) is 6.04 Å². The number of aromatic nitrogens is 1. The van der Waals surface area contributed by atoms with Crippen LogP contribution in [0.25, 0.3) is 0 Å². The topological polar surface area (TPSA) is 54.4 Å². The maximum atomic E-state index is 9.15. The maximum absolute atomic E-state index is 9.15. The number of nitrogens with zero attached hydrogens (tertiary/aromatic N) is 1. The smallest absolute Gasteiger partial charge is 0.0627 e. The molecular formula is C10H16N2O2. The number of methoxy groups -OCH3 is 1. The molecule has 0 aromatic carbocycles. The molecule has 0 aliphatic rings. The van der Waals surface area contributed by atoms with Gasteiger partial charge in [0.1, 0.15) is 0 Å². The van der Waals surface area contributed by atoms with Gasteiger partial charge in [-0.1, -0.05) is 6.07 Å². The summed E-state index contributed by atoms with van der Waals surface area (Å²) in [7, 11) is 1.65. The summed E-state index contributed by atoms with van der Waals surface area (Å²) < 4.78 is 4.91. The largest absolute Gasteiger partial charge is 0.394 e. The summed E-state index contributed by atoms with van der Waals surface area (Å²) in [5.74, 6) is 0. The van der Waals surface area contributed by atoms with E-state index >= 15 is 0 Å². The Kier molecular flexibility index (Phi) is 5.14. The SMILES string of the molecule is COCCNC(CO)c1cccnc1. The van der Waals surface area contributed by atoms with Gasteiger partial charge in [-0.2, -0.15) is 0 Å². The molecule has 1 heterocycles. The molecule has 0 aliphatic carbocycles. The molecule has 1 rings (SSSR count). The van der Waals surface area contributed by atoms with Crippen molar-refractivity contribution >= 4 is 0 Å². The van der Waals surface area contributed by atoms with Crippen LogP contribution >= 0.6 is 0 Å². The van der Waals surface area contributed by atoms with Crippen molar-refractivity contribution < 1.29 is 9.84 Å². The Hall–Kier alpha value is -0.970. The molecule has 1 atom stereocenters. The number of pyridine rings is 1. The summed E-state index contributed by atoms with van der Waals surface area (Å²) in [6, 6.07) is 3.74. The minimum Gasteiger partial charge on any atom is -0.394 e. The van der Waals surface area contributed by atoms with E-state index < -0.39 is 0 Å². The third-order valence-electron chi connectivity index (χ3n) is 1.97. The first-order valence-corrected chi connectivity index (χ1v) is 4.61. The van der Waals surface area contributed by atoms with Crippen molar-refractivity contribution in [2.24, 2.45) is 0 Å². The van der Waals surface area contributed by atoms with Crippen molar-refractivity contribution in [3.05, 3.63) is 30.1 Å². The van der Waals surface area contributed by atoms with Gasteiger partial charge in [-0.25, -0.2) is 0 Å². The van der Waals surface area contributed by atoms with E-state index in [-0.39, 0.29) is 12.6 Å². The van der Waals surface area contributed by atoms with E-state index in [0.717, 1.165) is 12.1 Å². The monoisotopic (exact) mass is 196 g/mol. The van der Waals surface area contributed by atoms with Gasteiger partial charge in [-0.15, -0.1) is 0 Å². The Morgan fingerprint density at radius 2 is 2.50 bits per heavy atom. The van der Waals surface area contributed by atoms with Crippen LogP contribution in [0.5, 0.6) is 0 Å². The van der Waals surface area contributed by atoms with Gasteiger partial charge in [-0.05, 0) is 11.6 Å². The highest BCUT2D eigenvalue weighted by atomic mass is 16.5. The van der Waals surface area contributed by atoms with Crippen LogP contribution < -0.4 is 5.32 Å². The number of ether oxygens (including phenoxy) is 1. The lowest BCUT2D eigenvalue weighted by Crippen LogP contribution is -2.27. The van der Waals surface area contributed by atoms with Gasteiger partial charge in [-0.3, -0.25) is 4.98 Å². The molecule has 1 aromatic heterocycles. The Morgan fingerprint density at radius 1 is 1.64 bits per heavy atom. The molecule has 0 radical (unpaired) electrons. The molecule has 0 aliphatic heterocycles. The Morgan fingerprint density at radius 3 is 3.07 bits per heavy atom. The van der Waals surface area contributed by atoms with Gasteiger partial charge in [0.05, 0.1) is 19.3 Å². The van der Waals surface area contributed by atoms with Crippen molar-refractivity contribution in [1.82, 2.24) is 10.3 Å². The average Bonchev–Trinajstić information content (AvgIpc) is 2.26. The lowest BCUT2D eigenvalue weighted by Gasteiger charge is -2.15. The van der Waals surface area contributed by atoms with E-state index in [0.29, 0.717) is 6.61 Å². The molecule has 4 nitrogen and oxygen atoms in total. The zero-order valence-electron chi connectivity index (χ0n) is 8.31. The molecule has 0 amide bonds. The van der Waals surface area contributed by atoms with E-state index in [1.54, 1.807) is 19.5 Å². The second-order valence-electron chi connectivity index (χ2n) is 2.97. The lowest BCUT2D eigenvalue weighted by molar-refractivity contribution is 0.184. The lowest BCUT2D eigenvalue weighted by atomic mass is 10.1. The zero-order chi connectivity index (χ0) is 10.2. The summed E-state index contributed by atoms with van der Waals surface area (Å²) in [6.45, 7) is 1.42. The van der Waals surface area contributed by atoms with Gasteiger partial charge in [0.25, 0.3) is 0 Å². The highest BCUT2D eigenvalue weighted by Crippen LogP contribution is 2.09. The summed E-state index contributed by atoms with van der Waals surface area (Å²) in [5.41, 5.74) is 0.992. The van der Waals surface area contributed by atoms with Crippen LogP contribution in [0.15, 0.2) is 24.5 Å². The van der Waals surface area contributed by atoms with Crippen LogP contribution in [0, 0.1) is 0 Å². The number of aliphatic hydroxyl groups is 1. The molecule has 14 heavy (non-hydrogen) atoms. The first-order valence-electron chi connectivity index (χ1n) is 4.61. The van der Waals surface area contributed by atoms with Crippen molar-refractivity contribution in [1.29, 1.82) is 0 Å². The second kappa shape index (κ2) is 6.48. The zero-order valence-corrected chi connectivity index (χ0v) is 8.31. The number of aliphatic hydroxyl groups excluding tert-OH is 1. The third-order valence-corrected chi connectivity index (χ3v) is 1.97. The van der Waals surface area contributed by atoms with Gasteiger partial charge >= 0.3 is 0 Å². The van der Waals surface area contributed by atoms with Crippen LogP contribution in [0.4, 0.5) is 0 Å². The predicted molar refractivity (Wildman–Crippen MR) is 53.9 cm³/mol. The minimum atomic E-state index is -0.0566. The standard InChI is InChI=1S/C10H16N2O2/c1-14-6-5-12-10(8-13)9-3-2-4-11-7-9/h2-4,7,10,12-13H,5-6,8H2,1H3. The molecule has 0 bridgehead atoms. The summed E-state index contributed by atoms with van der Waals surface area (Å²) in [6.07, 6.45) is 3.47. The summed E-state index contributed by atoms with van der Waals surface area (Å²) >= 11 is 0. The fourth-order valence-electron chi connectivity index (χ4n) is 1.21. The highest BCUT2D eigenvalue weighted by Gasteiger charge is 2.08. The molecule has 0 saturated carbocycles. The van der Waals surface area contributed by atoms with Crippen LogP contribution in [0.3, 0.4) is 0 Å². The fraction of sp³-hybridized carbons (Fsp3) is 0.500. The number of hydrogen-bond acceptors (Lipinski definition) is 4. The van der Waals surface area contributed by atoms with E-state index in [4.69, 9.17) is 9.84 Å². The first-order chi connectivity index (χ1) is 6.88. The summed E-state index contributed by atoms with van der Waals surface area (Å²) in [5, 5.41) is 12.3. The maximum Gasteiger partial charge on any atom is 0.0627 e. The van der Waals surface area contributed by atoms with Gasteiger partial charge in [0.2, 0.25) is 0 Å². The van der Waals surface area contributed by atoms with E-state index in [1.807, 2.05) is 12.1 Å². The third kappa shape index (κ3) is 3.41. The summed E-state index contributed by atoms with van der Waals surface area (Å²) in [4.78, 5) is 4.00. The molecule has 0 spiro atoms. The number of rotatable bonds is 6. The Balaban J connectivity index is 2.46. The normalized spacial score (nSPS) is 12.7. The Bertz CT molecular complexity index is 241. The van der Waals surface area contributed by atoms with Crippen LogP contribution in [-0.4, -0.2) is 37.0 Å². The quantitative estimate of drug-likeness (QED) is 0.645. The van der Waals surface area contributed by atoms with E-state index in [1.165, 1.54) is 0 Å². The van der Waals surface area contributed by atoms with E-state index in [9.17, 15) is 0 Å². The molecule has 0 saturated heterocycles. The van der Waals surface area contributed by atoms with Crippen LogP contribution in [0.2, 0.25) is 0 Å².